The molecule has 0 aromatic heterocycles. The summed E-state index contributed by atoms with van der Waals surface area (Å²) in [5, 5.41) is 0. The van der Waals surface area contributed by atoms with Gasteiger partial charge in [0.2, 0.25) is 0 Å². The van der Waals surface area contributed by atoms with E-state index in [4.69, 9.17) is 4.74 Å². The molecule has 0 unspecified atom stereocenters. The van der Waals surface area contributed by atoms with Crippen LogP contribution in [0.3, 0.4) is 0 Å². The van der Waals surface area contributed by atoms with E-state index in [-0.39, 0.29) is 0 Å². The predicted molar refractivity (Wildman–Crippen MR) is 178 cm³/mol. The second-order valence-corrected chi connectivity index (χ2v) is 11.0. The summed E-state index contributed by atoms with van der Waals surface area (Å²) < 4.78 is 8.09. The van der Waals surface area contributed by atoms with Gasteiger partial charge in [0.15, 0.2) is 0 Å². The number of ether oxygens (including phenoxy) is 1. The smallest absolute Gasteiger partial charge is 0.145 e. The van der Waals surface area contributed by atoms with E-state index in [1.165, 1.54) is 11.1 Å². The van der Waals surface area contributed by atoms with Crippen molar-refractivity contribution >= 4 is 0 Å². The SMILES string of the molecule is CCc1ccc(C(OC(c2ccccc2)(c2ccccc2)c2ccc(CC)cc2)(c2ccccc2)c2ccccc2)cc1. The summed E-state index contributed by atoms with van der Waals surface area (Å²) in [6.07, 6.45) is 1.96. The molecule has 0 amide bonds. The van der Waals surface area contributed by atoms with Gasteiger partial charge in [-0.25, -0.2) is 0 Å². The predicted octanol–water partition coefficient (Wildman–Crippen LogP) is 10.1. The molecular formula is C42H38O. The van der Waals surface area contributed by atoms with Gasteiger partial charge in [-0.2, -0.15) is 0 Å². The number of hydrogen-bond acceptors (Lipinski definition) is 1. The third-order valence-electron chi connectivity index (χ3n) is 8.56. The Kier molecular flexibility index (Phi) is 8.36. The van der Waals surface area contributed by atoms with E-state index in [1.54, 1.807) is 0 Å². The molecule has 0 aliphatic heterocycles. The molecule has 43 heavy (non-hydrogen) atoms. The molecule has 0 aliphatic rings. The van der Waals surface area contributed by atoms with Crippen LogP contribution in [0.1, 0.15) is 58.4 Å². The van der Waals surface area contributed by atoms with Crippen LogP contribution in [-0.4, -0.2) is 0 Å². The molecule has 212 valence electrons. The van der Waals surface area contributed by atoms with Crippen molar-refractivity contribution in [2.45, 2.75) is 37.9 Å². The highest BCUT2D eigenvalue weighted by molar-refractivity contribution is 5.53. The standard InChI is InChI=1S/C42H38O/c1-3-33-25-29-39(30-26-33)41(35-17-9-5-10-18-35,36-19-11-6-12-20-36)43-42(37-21-13-7-14-22-37,38-23-15-8-16-24-38)40-31-27-34(4-2)28-32-40/h5-32H,3-4H2,1-2H3. The van der Waals surface area contributed by atoms with Crippen molar-refractivity contribution in [3.63, 3.8) is 0 Å². The second-order valence-electron chi connectivity index (χ2n) is 11.0. The van der Waals surface area contributed by atoms with Crippen LogP contribution in [0.15, 0.2) is 170 Å². The third kappa shape index (κ3) is 5.33. The molecule has 0 saturated heterocycles. The van der Waals surface area contributed by atoms with Gasteiger partial charge in [-0.1, -0.05) is 184 Å². The quantitative estimate of drug-likeness (QED) is 0.152. The zero-order chi connectivity index (χ0) is 29.5. The van der Waals surface area contributed by atoms with E-state index in [0.29, 0.717) is 0 Å². The van der Waals surface area contributed by atoms with Gasteiger partial charge >= 0.3 is 0 Å². The summed E-state index contributed by atoms with van der Waals surface area (Å²) in [4.78, 5) is 0. The van der Waals surface area contributed by atoms with Crippen LogP contribution in [0.5, 0.6) is 0 Å². The van der Waals surface area contributed by atoms with Gasteiger partial charge in [0.1, 0.15) is 11.2 Å². The molecule has 6 aromatic carbocycles. The Morgan fingerprint density at radius 3 is 0.791 bits per heavy atom. The lowest BCUT2D eigenvalue weighted by molar-refractivity contribution is -0.0810. The van der Waals surface area contributed by atoms with Gasteiger partial charge in [-0.3, -0.25) is 0 Å². The lowest BCUT2D eigenvalue weighted by atomic mass is 9.75. The fourth-order valence-corrected chi connectivity index (χ4v) is 6.22. The summed E-state index contributed by atoms with van der Waals surface area (Å²) in [5.74, 6) is 0. The first-order chi connectivity index (χ1) is 21.2. The highest BCUT2D eigenvalue weighted by Crippen LogP contribution is 2.51. The Morgan fingerprint density at radius 1 is 0.326 bits per heavy atom. The third-order valence-corrected chi connectivity index (χ3v) is 8.56. The van der Waals surface area contributed by atoms with Crippen molar-refractivity contribution in [2.75, 3.05) is 0 Å². The van der Waals surface area contributed by atoms with E-state index in [2.05, 4.69) is 184 Å². The van der Waals surface area contributed by atoms with Crippen LogP contribution in [0.4, 0.5) is 0 Å². The van der Waals surface area contributed by atoms with Crippen LogP contribution >= 0.6 is 0 Å². The van der Waals surface area contributed by atoms with Crippen molar-refractivity contribution in [1.82, 2.24) is 0 Å². The highest BCUT2D eigenvalue weighted by Gasteiger charge is 2.48. The average molecular weight is 559 g/mol. The Hall–Kier alpha value is -4.72. The summed E-state index contributed by atoms with van der Waals surface area (Å²) >= 11 is 0. The molecule has 1 nitrogen and oxygen atoms in total. The molecule has 0 N–H and O–H groups in total. The summed E-state index contributed by atoms with van der Waals surface area (Å²) in [7, 11) is 0. The molecule has 0 fully saturated rings. The minimum absolute atomic E-state index is 0.941. The Labute approximate surface area is 256 Å². The number of hydrogen-bond donors (Lipinski definition) is 0. The number of aryl methyl sites for hydroxylation is 2. The highest BCUT2D eigenvalue weighted by atomic mass is 16.5. The number of benzene rings is 6. The molecule has 0 atom stereocenters. The summed E-state index contributed by atoms with van der Waals surface area (Å²) in [6.45, 7) is 4.39. The number of rotatable bonds is 10. The lowest BCUT2D eigenvalue weighted by Crippen LogP contribution is -2.44. The van der Waals surface area contributed by atoms with Crippen molar-refractivity contribution in [3.05, 3.63) is 214 Å². The van der Waals surface area contributed by atoms with Gasteiger partial charge < -0.3 is 4.74 Å². The first-order valence-electron chi connectivity index (χ1n) is 15.3. The molecule has 6 rings (SSSR count). The Bertz CT molecular complexity index is 1500. The zero-order valence-corrected chi connectivity index (χ0v) is 25.0. The second kappa shape index (κ2) is 12.7. The van der Waals surface area contributed by atoms with E-state index >= 15 is 0 Å². The van der Waals surface area contributed by atoms with Crippen molar-refractivity contribution in [1.29, 1.82) is 0 Å². The van der Waals surface area contributed by atoms with Gasteiger partial charge in [0, 0.05) is 0 Å². The van der Waals surface area contributed by atoms with E-state index in [0.717, 1.165) is 46.2 Å². The van der Waals surface area contributed by atoms with E-state index in [9.17, 15) is 0 Å². The topological polar surface area (TPSA) is 9.23 Å². The Morgan fingerprint density at radius 2 is 0.558 bits per heavy atom. The van der Waals surface area contributed by atoms with Crippen molar-refractivity contribution in [2.24, 2.45) is 0 Å². The van der Waals surface area contributed by atoms with Crippen LogP contribution in [-0.2, 0) is 28.8 Å². The maximum absolute atomic E-state index is 8.09. The maximum atomic E-state index is 8.09. The maximum Gasteiger partial charge on any atom is 0.145 e. The molecule has 1 heteroatoms. The van der Waals surface area contributed by atoms with Crippen LogP contribution in [0.2, 0.25) is 0 Å². The largest absolute Gasteiger partial charge is 0.340 e. The monoisotopic (exact) mass is 558 g/mol. The molecule has 0 bridgehead atoms. The minimum atomic E-state index is -0.941. The minimum Gasteiger partial charge on any atom is -0.340 e. The van der Waals surface area contributed by atoms with Gasteiger partial charge in [0.25, 0.3) is 0 Å². The van der Waals surface area contributed by atoms with Crippen LogP contribution in [0, 0.1) is 0 Å². The summed E-state index contributed by atoms with van der Waals surface area (Å²) in [5.41, 5.74) is 7.19. The summed E-state index contributed by atoms with van der Waals surface area (Å²) in [6, 6.07) is 60.7. The average Bonchev–Trinajstić information content (AvgIpc) is 3.11. The first kappa shape index (κ1) is 28.4. The van der Waals surface area contributed by atoms with Crippen LogP contribution < -0.4 is 0 Å². The molecule has 0 heterocycles. The Balaban J connectivity index is 1.75. The zero-order valence-electron chi connectivity index (χ0n) is 25.0. The van der Waals surface area contributed by atoms with E-state index < -0.39 is 11.2 Å². The molecule has 6 aromatic rings. The van der Waals surface area contributed by atoms with Gasteiger partial charge in [0.05, 0.1) is 0 Å². The molecule has 0 radical (unpaired) electrons. The molecular weight excluding hydrogens is 520 g/mol. The van der Waals surface area contributed by atoms with Crippen molar-refractivity contribution in [3.8, 4) is 0 Å². The first-order valence-corrected chi connectivity index (χ1v) is 15.3. The molecule has 0 aliphatic carbocycles. The molecule has 0 saturated carbocycles. The van der Waals surface area contributed by atoms with Gasteiger partial charge in [-0.15, -0.1) is 0 Å². The normalized spacial score (nSPS) is 11.8. The fourth-order valence-electron chi connectivity index (χ4n) is 6.22. The fraction of sp³-hybridized carbons (Fsp3) is 0.143. The lowest BCUT2D eigenvalue weighted by Gasteiger charge is -2.46. The van der Waals surface area contributed by atoms with Gasteiger partial charge in [-0.05, 0) is 57.3 Å². The molecule has 0 spiro atoms. The van der Waals surface area contributed by atoms with Crippen LogP contribution in [0.25, 0.3) is 0 Å². The van der Waals surface area contributed by atoms with E-state index in [1.807, 2.05) is 0 Å². The van der Waals surface area contributed by atoms with Crippen molar-refractivity contribution < 1.29 is 4.74 Å².